The van der Waals surface area contributed by atoms with Crippen molar-refractivity contribution in [3.63, 3.8) is 0 Å². The van der Waals surface area contributed by atoms with Gasteiger partial charge in [0.1, 0.15) is 0 Å². The summed E-state index contributed by atoms with van der Waals surface area (Å²) in [4.78, 5) is 0. The molecule has 2 aliphatic rings. The number of allylic oxidation sites excluding steroid dienone is 4. The Hall–Kier alpha value is -0.520. The van der Waals surface area contributed by atoms with Crippen molar-refractivity contribution in [1.82, 2.24) is 0 Å². The zero-order chi connectivity index (χ0) is 11.8. The van der Waals surface area contributed by atoms with Crippen molar-refractivity contribution in [2.24, 2.45) is 17.3 Å². The van der Waals surface area contributed by atoms with Crippen molar-refractivity contribution in [2.75, 3.05) is 0 Å². The van der Waals surface area contributed by atoms with E-state index in [-0.39, 0.29) is 0 Å². The predicted molar refractivity (Wildman–Crippen MR) is 71.4 cm³/mol. The fourth-order valence-corrected chi connectivity index (χ4v) is 3.87. The van der Waals surface area contributed by atoms with Gasteiger partial charge in [-0.2, -0.15) is 0 Å². The van der Waals surface area contributed by atoms with Crippen LogP contribution in [0.5, 0.6) is 0 Å². The fourth-order valence-electron chi connectivity index (χ4n) is 3.87. The Labute approximate surface area is 101 Å². The van der Waals surface area contributed by atoms with E-state index >= 15 is 0 Å². The van der Waals surface area contributed by atoms with Gasteiger partial charge in [-0.05, 0) is 63.2 Å². The van der Waals surface area contributed by atoms with Crippen molar-refractivity contribution in [1.29, 1.82) is 0 Å². The Morgan fingerprint density at radius 1 is 1.19 bits per heavy atom. The largest absolute Gasteiger partial charge is 0.0853 e. The Morgan fingerprint density at radius 3 is 2.50 bits per heavy atom. The normalized spacial score (nSPS) is 34.2. The van der Waals surface area contributed by atoms with Crippen LogP contribution < -0.4 is 0 Å². The Morgan fingerprint density at radius 2 is 1.94 bits per heavy atom. The first-order valence-electron chi connectivity index (χ1n) is 6.83. The molecule has 0 bridgehead atoms. The third kappa shape index (κ3) is 2.26. The van der Waals surface area contributed by atoms with E-state index < -0.39 is 0 Å². The van der Waals surface area contributed by atoms with Crippen molar-refractivity contribution < 1.29 is 0 Å². The number of rotatable bonds is 1. The summed E-state index contributed by atoms with van der Waals surface area (Å²) in [6.45, 7) is 9.58. The van der Waals surface area contributed by atoms with Gasteiger partial charge in [0.15, 0.2) is 0 Å². The first kappa shape index (κ1) is 12.0. The minimum absolute atomic E-state index is 0.516. The van der Waals surface area contributed by atoms with Crippen LogP contribution in [0, 0.1) is 17.3 Å². The van der Waals surface area contributed by atoms with Crippen LogP contribution in [0.3, 0.4) is 0 Å². The van der Waals surface area contributed by atoms with Crippen LogP contribution in [-0.2, 0) is 0 Å². The van der Waals surface area contributed by atoms with Crippen molar-refractivity contribution in [3.05, 3.63) is 23.3 Å². The van der Waals surface area contributed by atoms with Gasteiger partial charge in [-0.1, -0.05) is 37.1 Å². The predicted octanol–water partition coefficient (Wildman–Crippen LogP) is 5.12. The second-order valence-corrected chi connectivity index (χ2v) is 6.54. The third-order valence-electron chi connectivity index (χ3n) is 4.74. The minimum atomic E-state index is 0.516. The molecule has 2 rings (SSSR count). The van der Waals surface area contributed by atoms with E-state index in [1.165, 1.54) is 32.1 Å². The van der Waals surface area contributed by atoms with Crippen molar-refractivity contribution in [3.8, 4) is 0 Å². The molecular weight excluding hydrogens is 192 g/mol. The summed E-state index contributed by atoms with van der Waals surface area (Å²) >= 11 is 0. The van der Waals surface area contributed by atoms with Crippen LogP contribution in [0.25, 0.3) is 0 Å². The fraction of sp³-hybridized carbons (Fsp3) is 0.750. The second-order valence-electron chi connectivity index (χ2n) is 6.54. The molecule has 0 heterocycles. The maximum atomic E-state index is 2.49. The molecule has 90 valence electrons. The zero-order valence-electron chi connectivity index (χ0n) is 11.3. The highest BCUT2D eigenvalue weighted by atomic mass is 14.4. The molecule has 0 radical (unpaired) electrons. The Kier molecular flexibility index (Phi) is 3.28. The molecule has 0 unspecified atom stereocenters. The summed E-state index contributed by atoms with van der Waals surface area (Å²) in [6.07, 6.45) is 11.7. The van der Waals surface area contributed by atoms with E-state index in [0.717, 1.165) is 11.8 Å². The second kappa shape index (κ2) is 4.39. The van der Waals surface area contributed by atoms with Crippen LogP contribution >= 0.6 is 0 Å². The molecule has 0 aliphatic heterocycles. The van der Waals surface area contributed by atoms with Crippen LogP contribution in [0.15, 0.2) is 23.3 Å². The molecule has 0 amide bonds. The van der Waals surface area contributed by atoms with E-state index in [2.05, 4.69) is 39.8 Å². The van der Waals surface area contributed by atoms with Gasteiger partial charge in [-0.25, -0.2) is 0 Å². The molecule has 0 N–H and O–H groups in total. The lowest BCUT2D eigenvalue weighted by atomic mass is 9.61. The minimum Gasteiger partial charge on any atom is -0.0853 e. The summed E-state index contributed by atoms with van der Waals surface area (Å²) in [5.74, 6) is 1.72. The number of hydrogen-bond acceptors (Lipinski definition) is 0. The molecule has 0 nitrogen and oxygen atoms in total. The van der Waals surface area contributed by atoms with Gasteiger partial charge in [0.05, 0.1) is 0 Å². The maximum absolute atomic E-state index is 2.49. The smallest absolute Gasteiger partial charge is 0.0123 e. The molecular formula is C16H26. The summed E-state index contributed by atoms with van der Waals surface area (Å²) in [7, 11) is 0. The monoisotopic (exact) mass is 218 g/mol. The molecule has 0 heteroatoms. The van der Waals surface area contributed by atoms with E-state index in [1.807, 2.05) is 0 Å². The summed E-state index contributed by atoms with van der Waals surface area (Å²) in [5, 5.41) is 0. The van der Waals surface area contributed by atoms with Crippen molar-refractivity contribution >= 4 is 0 Å². The van der Waals surface area contributed by atoms with Crippen LogP contribution in [0.4, 0.5) is 0 Å². The van der Waals surface area contributed by atoms with Gasteiger partial charge >= 0.3 is 0 Å². The Bertz CT molecular complexity index is 317. The molecule has 16 heavy (non-hydrogen) atoms. The van der Waals surface area contributed by atoms with Gasteiger partial charge in [0, 0.05) is 0 Å². The molecule has 2 atom stereocenters. The van der Waals surface area contributed by atoms with E-state index in [0.29, 0.717) is 5.41 Å². The van der Waals surface area contributed by atoms with Gasteiger partial charge in [-0.15, -0.1) is 0 Å². The molecule has 0 aromatic carbocycles. The highest BCUT2D eigenvalue weighted by Crippen LogP contribution is 2.48. The van der Waals surface area contributed by atoms with Crippen LogP contribution in [0.1, 0.15) is 59.8 Å². The van der Waals surface area contributed by atoms with Gasteiger partial charge in [0.25, 0.3) is 0 Å². The topological polar surface area (TPSA) is 0 Å². The molecule has 0 aromatic heterocycles. The van der Waals surface area contributed by atoms with Crippen LogP contribution in [-0.4, -0.2) is 0 Å². The van der Waals surface area contributed by atoms with E-state index in [4.69, 9.17) is 0 Å². The molecule has 0 spiro atoms. The quantitative estimate of drug-likeness (QED) is 0.536. The molecule has 0 fully saturated rings. The van der Waals surface area contributed by atoms with Crippen LogP contribution in [0.2, 0.25) is 0 Å². The zero-order valence-corrected chi connectivity index (χ0v) is 11.3. The lowest BCUT2D eigenvalue weighted by molar-refractivity contribution is 0.140. The lowest BCUT2D eigenvalue weighted by Gasteiger charge is -2.44. The first-order chi connectivity index (χ1) is 7.50. The summed E-state index contributed by atoms with van der Waals surface area (Å²) in [6, 6.07) is 0. The lowest BCUT2D eigenvalue weighted by Crippen LogP contribution is -2.34. The van der Waals surface area contributed by atoms with E-state index in [1.54, 1.807) is 11.1 Å². The van der Waals surface area contributed by atoms with Gasteiger partial charge < -0.3 is 0 Å². The van der Waals surface area contributed by atoms with E-state index in [9.17, 15) is 0 Å². The highest BCUT2D eigenvalue weighted by Gasteiger charge is 2.38. The SMILES string of the molecule is CC1=CC[C@H]([C@@H]2C(C)=CCCC2(C)C)CC1. The van der Waals surface area contributed by atoms with Gasteiger partial charge in [-0.3, -0.25) is 0 Å². The molecule has 0 aromatic rings. The molecule has 0 saturated carbocycles. The van der Waals surface area contributed by atoms with Crippen molar-refractivity contribution in [2.45, 2.75) is 59.8 Å². The molecule has 2 aliphatic carbocycles. The van der Waals surface area contributed by atoms with Gasteiger partial charge in [0.2, 0.25) is 0 Å². The third-order valence-corrected chi connectivity index (χ3v) is 4.74. The first-order valence-corrected chi connectivity index (χ1v) is 6.83. The average molecular weight is 218 g/mol. The average Bonchev–Trinajstić information content (AvgIpc) is 2.19. The Balaban J connectivity index is 2.18. The summed E-state index contributed by atoms with van der Waals surface area (Å²) in [5.41, 5.74) is 3.78. The standard InChI is InChI=1S/C16H26/c1-12-7-9-14(10-8-12)15-13(2)6-5-11-16(15,3)4/h6-7,14-15H,5,8-11H2,1-4H3/t14-,15-/m0/s1. The maximum Gasteiger partial charge on any atom is -0.0123 e. The molecule has 0 saturated heterocycles. The summed E-state index contributed by atoms with van der Waals surface area (Å²) < 4.78 is 0. The highest BCUT2D eigenvalue weighted by molar-refractivity contribution is 5.16. The number of hydrogen-bond donors (Lipinski definition) is 0.